The largest absolute Gasteiger partial charge is 0.507 e. The number of benzene rings is 2. The average Bonchev–Trinajstić information content (AvgIpc) is 2.99. The minimum absolute atomic E-state index is 0. The fourth-order valence-corrected chi connectivity index (χ4v) is 6.31. The Balaban J connectivity index is 0.00000461. The quantitative estimate of drug-likeness (QED) is 0.161. The molecule has 4 N–H and O–H groups in total. The van der Waals surface area contributed by atoms with Crippen LogP contribution in [0.25, 0.3) is 0 Å². The first-order valence-corrected chi connectivity index (χ1v) is 14.7. The molecule has 244 valence electrons. The summed E-state index contributed by atoms with van der Waals surface area (Å²) < 4.78 is 17.5. The zero-order valence-electron chi connectivity index (χ0n) is 25.8. The molecular weight excluding hydrogens is 608 g/mol. The van der Waals surface area contributed by atoms with Crippen LogP contribution in [0.1, 0.15) is 89.6 Å². The Morgan fingerprint density at radius 3 is 2.42 bits per heavy atom. The molecule has 2 aromatic carbocycles. The number of ether oxygens (including phenoxy) is 3. The van der Waals surface area contributed by atoms with E-state index >= 15 is 0 Å². The van der Waals surface area contributed by atoms with Crippen LogP contribution in [0, 0.1) is 0 Å². The van der Waals surface area contributed by atoms with E-state index in [-0.39, 0.29) is 53.3 Å². The Hall–Kier alpha value is -3.55. The van der Waals surface area contributed by atoms with Gasteiger partial charge in [0.25, 0.3) is 0 Å². The highest BCUT2D eigenvalue weighted by atomic mass is 35.5. The van der Waals surface area contributed by atoms with Crippen molar-refractivity contribution in [2.45, 2.75) is 83.2 Å². The second-order valence-corrected chi connectivity index (χ2v) is 11.5. The van der Waals surface area contributed by atoms with Gasteiger partial charge in [0, 0.05) is 49.0 Å². The fourth-order valence-electron chi connectivity index (χ4n) is 6.31. The molecule has 5 rings (SSSR count). The van der Waals surface area contributed by atoms with Gasteiger partial charge in [-0.25, -0.2) is 0 Å². The van der Waals surface area contributed by atoms with Crippen LogP contribution < -0.4 is 4.74 Å². The summed E-state index contributed by atoms with van der Waals surface area (Å²) in [7, 11) is 1.35. The van der Waals surface area contributed by atoms with Crippen molar-refractivity contribution in [3.05, 3.63) is 51.6 Å². The van der Waals surface area contributed by atoms with E-state index in [4.69, 9.17) is 14.2 Å². The lowest BCUT2D eigenvalue weighted by Crippen LogP contribution is -2.49. The number of hydrogen-bond donors (Lipinski definition) is 4. The van der Waals surface area contributed by atoms with Gasteiger partial charge in [-0.05, 0) is 33.8 Å². The molecule has 12 nitrogen and oxygen atoms in total. The third kappa shape index (κ3) is 5.81. The molecule has 0 radical (unpaired) electrons. The van der Waals surface area contributed by atoms with Crippen LogP contribution in [0.15, 0.2) is 23.2 Å². The number of aromatic hydroxyl groups is 2. The number of carbonyl (C=O) groups excluding carboxylic acids is 3. The zero-order chi connectivity index (χ0) is 32.1. The first-order valence-electron chi connectivity index (χ1n) is 14.7. The highest BCUT2D eigenvalue weighted by Crippen LogP contribution is 2.52. The predicted octanol–water partition coefficient (Wildman–Crippen LogP) is 2.86. The maximum atomic E-state index is 13.8. The Bertz CT molecular complexity index is 1540. The van der Waals surface area contributed by atoms with Crippen LogP contribution in [0.3, 0.4) is 0 Å². The van der Waals surface area contributed by atoms with Crippen molar-refractivity contribution in [2.75, 3.05) is 20.2 Å². The van der Waals surface area contributed by atoms with Gasteiger partial charge in [-0.3, -0.25) is 19.4 Å². The van der Waals surface area contributed by atoms with E-state index < -0.39 is 82.6 Å². The summed E-state index contributed by atoms with van der Waals surface area (Å²) in [5, 5.41) is 45.3. The van der Waals surface area contributed by atoms with Gasteiger partial charge in [-0.1, -0.05) is 12.1 Å². The molecular formula is C32H39ClN2O10. The Kier molecular flexibility index (Phi) is 9.96. The van der Waals surface area contributed by atoms with Gasteiger partial charge < -0.3 is 39.5 Å². The molecule has 4 unspecified atom stereocenters. The normalized spacial score (nSPS) is 27.3. The number of halogens is 1. The summed E-state index contributed by atoms with van der Waals surface area (Å²) in [6, 6.07) is 3.86. The summed E-state index contributed by atoms with van der Waals surface area (Å²) in [5.74, 6) is -3.15. The van der Waals surface area contributed by atoms with Crippen LogP contribution in [-0.2, 0) is 20.7 Å². The number of rotatable bonds is 8. The topological polar surface area (TPSA) is 175 Å². The molecule has 1 saturated heterocycles. The molecule has 45 heavy (non-hydrogen) atoms. The number of methoxy groups -OCH3 is 1. The number of aliphatic hydroxyl groups is 2. The van der Waals surface area contributed by atoms with Gasteiger partial charge in [0.15, 0.2) is 17.9 Å². The molecule has 0 amide bonds. The molecule has 13 heteroatoms. The van der Waals surface area contributed by atoms with Gasteiger partial charge in [0.1, 0.15) is 29.0 Å². The summed E-state index contributed by atoms with van der Waals surface area (Å²) >= 11 is 0. The van der Waals surface area contributed by atoms with Gasteiger partial charge in [-0.15, -0.1) is 12.4 Å². The molecule has 2 aromatic rings. The van der Waals surface area contributed by atoms with E-state index in [2.05, 4.69) is 4.99 Å². The smallest absolute Gasteiger partial charge is 0.202 e. The van der Waals surface area contributed by atoms with Crippen LogP contribution in [0.4, 0.5) is 0 Å². The molecule has 0 spiro atoms. The molecule has 3 aliphatic rings. The number of phenolic OH excluding ortho intramolecular Hbond substituents is 2. The minimum Gasteiger partial charge on any atom is -0.507 e. The lowest BCUT2D eigenvalue weighted by molar-refractivity contribution is -0.246. The van der Waals surface area contributed by atoms with Crippen molar-refractivity contribution in [3.8, 4) is 17.2 Å². The molecule has 1 heterocycles. The summed E-state index contributed by atoms with van der Waals surface area (Å²) in [4.78, 5) is 46.6. The molecule has 0 aromatic heterocycles. The van der Waals surface area contributed by atoms with E-state index in [0.29, 0.717) is 0 Å². The number of ketones is 3. The Labute approximate surface area is 267 Å². The average molecular weight is 647 g/mol. The number of hydrogen-bond acceptors (Lipinski definition) is 11. The number of aliphatic hydroxyl groups excluding tert-OH is 1. The maximum absolute atomic E-state index is 13.8. The first kappa shape index (κ1) is 34.3. The molecule has 0 bridgehead atoms. The van der Waals surface area contributed by atoms with Crippen LogP contribution in [0.5, 0.6) is 17.2 Å². The lowest BCUT2D eigenvalue weighted by Gasteiger charge is -2.42. The van der Waals surface area contributed by atoms with Crippen LogP contribution in [0.2, 0.25) is 0 Å². The number of Topliss-reactive ketones (excluding diaryl/α,β-unsaturated/α-hetero) is 1. The second-order valence-electron chi connectivity index (χ2n) is 11.5. The molecule has 1 fully saturated rings. The van der Waals surface area contributed by atoms with Crippen molar-refractivity contribution in [1.29, 1.82) is 0 Å². The second kappa shape index (κ2) is 13.1. The summed E-state index contributed by atoms with van der Waals surface area (Å²) in [6.45, 7) is 8.27. The van der Waals surface area contributed by atoms with Gasteiger partial charge >= 0.3 is 0 Å². The van der Waals surface area contributed by atoms with Crippen molar-refractivity contribution < 1.29 is 49.0 Å². The van der Waals surface area contributed by atoms with Crippen LogP contribution in [-0.4, -0.2) is 99.4 Å². The van der Waals surface area contributed by atoms with Crippen molar-refractivity contribution in [1.82, 2.24) is 4.90 Å². The highest BCUT2D eigenvalue weighted by Gasteiger charge is 2.49. The predicted molar refractivity (Wildman–Crippen MR) is 165 cm³/mol. The van der Waals surface area contributed by atoms with Crippen molar-refractivity contribution in [2.24, 2.45) is 4.99 Å². The van der Waals surface area contributed by atoms with E-state index in [9.17, 15) is 34.8 Å². The fraction of sp³-hybridized carbons (Fsp3) is 0.500. The zero-order valence-corrected chi connectivity index (χ0v) is 26.6. The highest BCUT2D eigenvalue weighted by molar-refractivity contribution is 6.31. The number of phenols is 2. The minimum atomic E-state index is -2.02. The Morgan fingerprint density at radius 1 is 1.13 bits per heavy atom. The Morgan fingerprint density at radius 2 is 1.80 bits per heavy atom. The molecule has 0 saturated carbocycles. The van der Waals surface area contributed by atoms with E-state index in [1.807, 2.05) is 18.7 Å². The van der Waals surface area contributed by atoms with Gasteiger partial charge in [-0.2, -0.15) is 0 Å². The third-order valence-electron chi connectivity index (χ3n) is 8.96. The first-order chi connectivity index (χ1) is 20.9. The number of carbonyl (C=O) groups is 3. The van der Waals surface area contributed by atoms with Gasteiger partial charge in [0.05, 0.1) is 48.4 Å². The van der Waals surface area contributed by atoms with Crippen LogP contribution >= 0.6 is 12.4 Å². The summed E-state index contributed by atoms with van der Waals surface area (Å²) in [6.07, 6.45) is -2.86. The number of nitrogens with zero attached hydrogens (tertiary/aromatic N) is 2. The van der Waals surface area contributed by atoms with E-state index in [1.54, 1.807) is 13.3 Å². The molecule has 6 atom stereocenters. The number of fused-ring (bicyclic) bond motifs is 3. The maximum Gasteiger partial charge on any atom is 0.202 e. The monoisotopic (exact) mass is 646 g/mol. The lowest BCUT2D eigenvalue weighted by atomic mass is 9.72. The number of aliphatic imine (C=N–C) groups is 1. The molecule has 2 aliphatic carbocycles. The summed E-state index contributed by atoms with van der Waals surface area (Å²) in [5.41, 5.74) is -3.03. The van der Waals surface area contributed by atoms with Gasteiger partial charge in [0.2, 0.25) is 5.78 Å². The van der Waals surface area contributed by atoms with Crippen molar-refractivity contribution >= 4 is 36.1 Å². The standard InChI is InChI=1S/C32H38N2O10.ClH/c1-6-34(7-2)14-33-19-11-22(43-15(3)27(19)36)44-21-13-32(41,16(4)35)12-18-24(21)31(40)26-25(29(18)38)28(37)17-9-8-10-20(42-5)23(17)30(26)39;/h8-10,14-15,19,21-22,27,36,38,40-41H,6-7,11-13H2,1-5H3;1H/t15?,19-,21-,22?,27?,32?;/m0./s1. The SMILES string of the molecule is CCN(C=N[C@H]1CC(O[C@H]2CC(O)(C(C)=O)Cc3c(O)c4c(c(O)c32)C(=O)c2c(OC)cccc2C4=O)OC(C)C1O)CC.Cl. The van der Waals surface area contributed by atoms with Crippen molar-refractivity contribution in [3.63, 3.8) is 0 Å². The van der Waals surface area contributed by atoms with E-state index in [0.717, 1.165) is 13.1 Å². The molecule has 1 aliphatic heterocycles. The third-order valence-corrected chi connectivity index (χ3v) is 8.96. The van der Waals surface area contributed by atoms with E-state index in [1.165, 1.54) is 32.2 Å².